The maximum absolute atomic E-state index is 13.0. The van der Waals surface area contributed by atoms with Gasteiger partial charge in [0.15, 0.2) is 29.1 Å². The standard InChI is InChI=1S/C21H23F2N3O7/c22-21(23)33-13-4-3-12(7-14(13)31-10-11-1-2-11)18-25-17(15(8-24)32-18)19(27)26-5-6-30-16(9-26)20(28)29/h3-4,7,11,16,21H,1-2,5-6,8-10,24H2,(H,28,29). The molecule has 2 heterocycles. The van der Waals surface area contributed by atoms with Crippen molar-refractivity contribution in [2.45, 2.75) is 32.1 Å². The van der Waals surface area contributed by atoms with E-state index in [-0.39, 0.29) is 55.1 Å². The Morgan fingerprint density at radius 3 is 2.76 bits per heavy atom. The van der Waals surface area contributed by atoms with E-state index in [1.165, 1.54) is 23.1 Å². The molecule has 1 aromatic heterocycles. The van der Waals surface area contributed by atoms with Crippen LogP contribution in [0.3, 0.4) is 0 Å². The zero-order valence-electron chi connectivity index (χ0n) is 17.5. The van der Waals surface area contributed by atoms with Gasteiger partial charge in [-0.2, -0.15) is 8.78 Å². The Bertz CT molecular complexity index is 1030. The molecule has 178 valence electrons. The quantitative estimate of drug-likeness (QED) is 0.568. The van der Waals surface area contributed by atoms with Gasteiger partial charge in [0.2, 0.25) is 5.89 Å². The number of rotatable bonds is 9. The number of carbonyl (C=O) groups is 2. The second-order valence-corrected chi connectivity index (χ2v) is 7.74. The van der Waals surface area contributed by atoms with Gasteiger partial charge in [0.25, 0.3) is 5.91 Å². The highest BCUT2D eigenvalue weighted by Gasteiger charge is 2.32. The normalized spacial score (nSPS) is 18.4. The molecule has 1 unspecified atom stereocenters. The maximum atomic E-state index is 13.0. The number of benzene rings is 1. The van der Waals surface area contributed by atoms with Crippen LogP contribution in [0.4, 0.5) is 8.78 Å². The molecule has 4 rings (SSSR count). The zero-order chi connectivity index (χ0) is 23.5. The molecule has 10 nitrogen and oxygen atoms in total. The highest BCUT2D eigenvalue weighted by Crippen LogP contribution is 2.36. The first kappa shape index (κ1) is 22.9. The lowest BCUT2D eigenvalue weighted by molar-refractivity contribution is -0.154. The Hall–Kier alpha value is -3.25. The summed E-state index contributed by atoms with van der Waals surface area (Å²) in [6.07, 6.45) is 0.893. The second kappa shape index (κ2) is 9.71. The van der Waals surface area contributed by atoms with Crippen molar-refractivity contribution in [1.29, 1.82) is 0 Å². The number of carboxylic acid groups (broad SMARTS) is 1. The molecule has 1 aliphatic heterocycles. The number of oxazole rings is 1. The molecule has 12 heteroatoms. The number of ether oxygens (including phenoxy) is 3. The topological polar surface area (TPSA) is 137 Å². The first-order valence-corrected chi connectivity index (χ1v) is 10.4. The third kappa shape index (κ3) is 5.40. The smallest absolute Gasteiger partial charge is 0.387 e. The van der Waals surface area contributed by atoms with Gasteiger partial charge in [0.05, 0.1) is 26.3 Å². The van der Waals surface area contributed by atoms with Crippen molar-refractivity contribution in [1.82, 2.24) is 9.88 Å². The molecule has 2 fully saturated rings. The monoisotopic (exact) mass is 467 g/mol. The summed E-state index contributed by atoms with van der Waals surface area (Å²) in [5, 5.41) is 9.16. The minimum absolute atomic E-state index is 0.0433. The lowest BCUT2D eigenvalue weighted by atomic mass is 10.2. The molecule has 0 bridgehead atoms. The molecule has 0 radical (unpaired) electrons. The number of halogens is 2. The predicted molar refractivity (Wildman–Crippen MR) is 108 cm³/mol. The highest BCUT2D eigenvalue weighted by molar-refractivity contribution is 5.94. The van der Waals surface area contributed by atoms with E-state index in [1.807, 2.05) is 0 Å². The minimum atomic E-state index is -3.02. The molecular formula is C21H23F2N3O7. The number of hydrogen-bond acceptors (Lipinski definition) is 8. The molecule has 1 aliphatic carbocycles. The van der Waals surface area contributed by atoms with E-state index in [0.29, 0.717) is 18.1 Å². The molecule has 2 aliphatic rings. The van der Waals surface area contributed by atoms with Gasteiger partial charge in [-0.15, -0.1) is 0 Å². The van der Waals surface area contributed by atoms with Crippen LogP contribution >= 0.6 is 0 Å². The molecule has 1 atom stereocenters. The number of nitrogens with zero attached hydrogens (tertiary/aromatic N) is 2. The largest absolute Gasteiger partial charge is 0.489 e. The van der Waals surface area contributed by atoms with Gasteiger partial charge < -0.3 is 34.4 Å². The molecule has 1 aromatic carbocycles. The van der Waals surface area contributed by atoms with Crippen LogP contribution in [0.2, 0.25) is 0 Å². The van der Waals surface area contributed by atoms with E-state index in [2.05, 4.69) is 9.72 Å². The number of alkyl halides is 2. The van der Waals surface area contributed by atoms with Gasteiger partial charge in [-0.1, -0.05) is 0 Å². The molecular weight excluding hydrogens is 444 g/mol. The molecule has 3 N–H and O–H groups in total. The Morgan fingerprint density at radius 1 is 1.30 bits per heavy atom. The molecule has 0 spiro atoms. The molecule has 1 saturated carbocycles. The van der Waals surface area contributed by atoms with Crippen LogP contribution in [0, 0.1) is 5.92 Å². The van der Waals surface area contributed by atoms with Gasteiger partial charge in [0, 0.05) is 12.1 Å². The van der Waals surface area contributed by atoms with Crippen molar-refractivity contribution < 1.29 is 42.1 Å². The van der Waals surface area contributed by atoms with E-state index in [4.69, 9.17) is 24.7 Å². The fraction of sp³-hybridized carbons (Fsp3) is 0.476. The Morgan fingerprint density at radius 2 is 2.09 bits per heavy atom. The van der Waals surface area contributed by atoms with E-state index >= 15 is 0 Å². The first-order valence-electron chi connectivity index (χ1n) is 10.4. The number of morpholine rings is 1. The number of aromatic nitrogens is 1. The first-order chi connectivity index (χ1) is 15.9. The maximum Gasteiger partial charge on any atom is 0.387 e. The van der Waals surface area contributed by atoms with Crippen molar-refractivity contribution in [2.75, 3.05) is 26.3 Å². The number of nitrogens with two attached hydrogens (primary N) is 1. The van der Waals surface area contributed by atoms with E-state index in [1.54, 1.807) is 0 Å². The number of carbonyl (C=O) groups excluding carboxylic acids is 1. The van der Waals surface area contributed by atoms with Crippen LogP contribution in [0.5, 0.6) is 11.5 Å². The molecule has 1 saturated heterocycles. The Kier molecular flexibility index (Phi) is 6.75. The number of hydrogen-bond donors (Lipinski definition) is 2. The van der Waals surface area contributed by atoms with Crippen LogP contribution in [-0.4, -0.2) is 65.9 Å². The number of amides is 1. The van der Waals surface area contributed by atoms with Gasteiger partial charge in [0.1, 0.15) is 0 Å². The van der Waals surface area contributed by atoms with Gasteiger partial charge >= 0.3 is 12.6 Å². The lowest BCUT2D eigenvalue weighted by Crippen LogP contribution is -2.48. The minimum Gasteiger partial charge on any atom is -0.489 e. The third-order valence-corrected chi connectivity index (χ3v) is 5.29. The van der Waals surface area contributed by atoms with Crippen molar-refractivity contribution >= 4 is 11.9 Å². The van der Waals surface area contributed by atoms with Gasteiger partial charge in [-0.05, 0) is 37.0 Å². The number of carboxylic acids is 1. The van der Waals surface area contributed by atoms with Crippen LogP contribution in [0.15, 0.2) is 22.6 Å². The summed E-state index contributed by atoms with van der Waals surface area (Å²) in [4.78, 5) is 29.8. The van der Waals surface area contributed by atoms with E-state index in [0.717, 1.165) is 12.8 Å². The van der Waals surface area contributed by atoms with Crippen LogP contribution in [-0.2, 0) is 16.1 Å². The summed E-state index contributed by atoms with van der Waals surface area (Å²) in [7, 11) is 0. The Labute approximate surface area is 187 Å². The summed E-state index contributed by atoms with van der Waals surface area (Å²) in [6, 6.07) is 4.23. The predicted octanol–water partition coefficient (Wildman–Crippen LogP) is 2.12. The SMILES string of the molecule is NCc1oc(-c2ccc(OC(F)F)c(OCC3CC3)c2)nc1C(=O)N1CCOC(C(=O)O)C1. The summed E-state index contributed by atoms with van der Waals surface area (Å²) in [6.45, 7) is -2.66. The van der Waals surface area contributed by atoms with Crippen molar-refractivity contribution in [3.8, 4) is 23.0 Å². The molecule has 33 heavy (non-hydrogen) atoms. The van der Waals surface area contributed by atoms with Crippen molar-refractivity contribution in [3.05, 3.63) is 29.7 Å². The van der Waals surface area contributed by atoms with Crippen LogP contribution in [0.1, 0.15) is 29.1 Å². The molecule has 2 aromatic rings. The average molecular weight is 467 g/mol. The summed E-state index contributed by atoms with van der Waals surface area (Å²) in [5.74, 6) is -1.18. The van der Waals surface area contributed by atoms with Crippen LogP contribution in [0.25, 0.3) is 11.5 Å². The van der Waals surface area contributed by atoms with E-state index < -0.39 is 24.6 Å². The van der Waals surface area contributed by atoms with E-state index in [9.17, 15) is 18.4 Å². The highest BCUT2D eigenvalue weighted by atomic mass is 19.3. The van der Waals surface area contributed by atoms with Crippen molar-refractivity contribution in [2.24, 2.45) is 11.7 Å². The Balaban J connectivity index is 1.59. The van der Waals surface area contributed by atoms with Gasteiger partial charge in [-0.25, -0.2) is 9.78 Å². The fourth-order valence-electron chi connectivity index (χ4n) is 3.35. The summed E-state index contributed by atoms with van der Waals surface area (Å²) >= 11 is 0. The van der Waals surface area contributed by atoms with Crippen LogP contribution < -0.4 is 15.2 Å². The summed E-state index contributed by atoms with van der Waals surface area (Å²) < 4.78 is 46.6. The average Bonchev–Trinajstić information content (AvgIpc) is 3.53. The fourth-order valence-corrected chi connectivity index (χ4v) is 3.35. The summed E-state index contributed by atoms with van der Waals surface area (Å²) in [5.41, 5.74) is 6.06. The second-order valence-electron chi connectivity index (χ2n) is 7.74. The van der Waals surface area contributed by atoms with Gasteiger partial charge in [-0.3, -0.25) is 4.79 Å². The third-order valence-electron chi connectivity index (χ3n) is 5.29. The van der Waals surface area contributed by atoms with Crippen molar-refractivity contribution in [3.63, 3.8) is 0 Å². The lowest BCUT2D eigenvalue weighted by Gasteiger charge is -2.30. The number of aliphatic carboxylic acids is 1. The zero-order valence-corrected chi connectivity index (χ0v) is 17.5. The molecule has 1 amide bonds.